The normalized spacial score (nSPS) is 28.8. The van der Waals surface area contributed by atoms with Crippen LogP contribution < -0.4 is 0 Å². The van der Waals surface area contributed by atoms with Crippen molar-refractivity contribution in [1.29, 1.82) is 0 Å². The Balaban J connectivity index is 1.87. The maximum atomic E-state index is 12.6. The molecule has 7 nitrogen and oxygen atoms in total. The van der Waals surface area contributed by atoms with E-state index in [0.717, 1.165) is 23.9 Å². The number of fused-ring (bicyclic) bond motifs is 2. The number of carbonyl (C=O) groups excluding carboxylic acids is 1. The molecule has 1 heterocycles. The Morgan fingerprint density at radius 3 is 2.65 bits per heavy atom. The van der Waals surface area contributed by atoms with Gasteiger partial charge in [0.2, 0.25) is 9.84 Å². The molecule has 2 bridgehead atoms. The molecule has 0 saturated heterocycles. The lowest BCUT2D eigenvalue weighted by Gasteiger charge is -2.19. The van der Waals surface area contributed by atoms with E-state index in [1.165, 1.54) is 11.2 Å². The Labute approximate surface area is 117 Å². The van der Waals surface area contributed by atoms with E-state index in [9.17, 15) is 13.2 Å². The predicted molar refractivity (Wildman–Crippen MR) is 70.9 cm³/mol. The third kappa shape index (κ3) is 2.02. The van der Waals surface area contributed by atoms with Crippen LogP contribution in [0.1, 0.15) is 25.7 Å². The van der Waals surface area contributed by atoms with Gasteiger partial charge < -0.3 is 4.90 Å². The van der Waals surface area contributed by atoms with Crippen LogP contribution in [0.5, 0.6) is 0 Å². The van der Waals surface area contributed by atoms with Gasteiger partial charge in [0.25, 0.3) is 5.16 Å². The first-order valence-corrected chi connectivity index (χ1v) is 8.31. The Morgan fingerprint density at radius 1 is 1.35 bits per heavy atom. The van der Waals surface area contributed by atoms with E-state index in [1.54, 1.807) is 14.1 Å². The smallest absolute Gasteiger partial charge is 0.329 e. The summed E-state index contributed by atoms with van der Waals surface area (Å²) in [5, 5.41) is 3.27. The number of hydrogen-bond donors (Lipinski definition) is 0. The van der Waals surface area contributed by atoms with Gasteiger partial charge in [0.1, 0.15) is 6.33 Å². The van der Waals surface area contributed by atoms with Crippen molar-refractivity contribution >= 4 is 15.9 Å². The summed E-state index contributed by atoms with van der Waals surface area (Å²) in [6.07, 6.45) is 5.00. The predicted octanol–water partition coefficient (Wildman–Crippen LogP) is 0.770. The molecule has 1 aromatic heterocycles. The van der Waals surface area contributed by atoms with Crippen LogP contribution in [0.3, 0.4) is 0 Å². The minimum Gasteiger partial charge on any atom is -0.329 e. The molecule has 20 heavy (non-hydrogen) atoms. The Hall–Kier alpha value is -1.44. The molecule has 1 aromatic rings. The summed E-state index contributed by atoms with van der Waals surface area (Å²) >= 11 is 0. The second-order valence-corrected chi connectivity index (χ2v) is 7.97. The van der Waals surface area contributed by atoms with E-state index < -0.39 is 15.9 Å². The van der Waals surface area contributed by atoms with Gasteiger partial charge in [0, 0.05) is 14.1 Å². The number of aromatic nitrogens is 3. The average molecular weight is 298 g/mol. The van der Waals surface area contributed by atoms with Crippen LogP contribution in [0.25, 0.3) is 0 Å². The molecule has 2 saturated carbocycles. The standard InChI is InChI=1S/C12H18N4O3S/c1-15(2)12(17)16-7-13-11(14-16)20(18,19)10-6-8-3-4-9(10)5-8/h7-10H,3-6H2,1-2H3. The molecule has 0 spiro atoms. The minimum atomic E-state index is -3.52. The van der Waals surface area contributed by atoms with Gasteiger partial charge in [-0.05, 0) is 31.1 Å². The zero-order valence-corrected chi connectivity index (χ0v) is 12.4. The Kier molecular flexibility index (Phi) is 3.07. The number of rotatable bonds is 2. The second kappa shape index (κ2) is 4.54. The summed E-state index contributed by atoms with van der Waals surface area (Å²) in [5.41, 5.74) is 0. The van der Waals surface area contributed by atoms with Gasteiger partial charge in [-0.1, -0.05) is 6.42 Å². The van der Waals surface area contributed by atoms with Gasteiger partial charge in [0.15, 0.2) is 0 Å². The van der Waals surface area contributed by atoms with Gasteiger partial charge in [-0.3, -0.25) is 0 Å². The van der Waals surface area contributed by atoms with Gasteiger partial charge >= 0.3 is 6.03 Å². The topological polar surface area (TPSA) is 85.2 Å². The van der Waals surface area contributed by atoms with Crippen molar-refractivity contribution in [3.8, 4) is 0 Å². The summed E-state index contributed by atoms with van der Waals surface area (Å²) in [6.45, 7) is 0. The lowest BCUT2D eigenvalue weighted by Crippen LogP contribution is -2.30. The van der Waals surface area contributed by atoms with Crippen molar-refractivity contribution < 1.29 is 13.2 Å². The molecule has 0 aromatic carbocycles. The van der Waals surface area contributed by atoms with Crippen molar-refractivity contribution in [1.82, 2.24) is 19.7 Å². The first kappa shape index (κ1) is 13.5. The monoisotopic (exact) mass is 298 g/mol. The van der Waals surface area contributed by atoms with Crippen molar-refractivity contribution in [3.63, 3.8) is 0 Å². The Morgan fingerprint density at radius 2 is 2.10 bits per heavy atom. The van der Waals surface area contributed by atoms with Gasteiger partial charge in [-0.25, -0.2) is 18.2 Å². The summed E-state index contributed by atoms with van der Waals surface area (Å²) in [7, 11) is -0.367. The first-order valence-electron chi connectivity index (χ1n) is 6.77. The highest BCUT2D eigenvalue weighted by molar-refractivity contribution is 7.91. The van der Waals surface area contributed by atoms with E-state index in [-0.39, 0.29) is 16.3 Å². The van der Waals surface area contributed by atoms with Gasteiger partial charge in [0.05, 0.1) is 5.25 Å². The van der Waals surface area contributed by atoms with Crippen LogP contribution in [0.2, 0.25) is 0 Å². The van der Waals surface area contributed by atoms with E-state index >= 15 is 0 Å². The average Bonchev–Trinajstić information content (AvgIpc) is 3.13. The summed E-state index contributed by atoms with van der Waals surface area (Å²) in [4.78, 5) is 16.9. The lowest BCUT2D eigenvalue weighted by molar-refractivity contribution is 0.215. The lowest BCUT2D eigenvalue weighted by atomic mass is 10.0. The molecule has 0 N–H and O–H groups in total. The number of hydrogen-bond acceptors (Lipinski definition) is 5. The van der Waals surface area contributed by atoms with Crippen molar-refractivity contribution in [3.05, 3.63) is 6.33 Å². The van der Waals surface area contributed by atoms with E-state index in [4.69, 9.17) is 0 Å². The molecule has 3 unspecified atom stereocenters. The summed E-state index contributed by atoms with van der Waals surface area (Å²) in [5.74, 6) is 0.770. The van der Waals surface area contributed by atoms with Crippen molar-refractivity contribution in [2.24, 2.45) is 11.8 Å². The fraction of sp³-hybridized carbons (Fsp3) is 0.750. The summed E-state index contributed by atoms with van der Waals surface area (Å²) in [6, 6.07) is -0.410. The molecule has 110 valence electrons. The van der Waals surface area contributed by atoms with E-state index in [0.29, 0.717) is 12.3 Å². The molecule has 0 radical (unpaired) electrons. The number of amides is 1. The minimum absolute atomic E-state index is 0.217. The van der Waals surface area contributed by atoms with Crippen LogP contribution in [0.4, 0.5) is 4.79 Å². The van der Waals surface area contributed by atoms with Crippen molar-refractivity contribution in [2.45, 2.75) is 36.1 Å². The Bertz CT molecular complexity index is 637. The number of nitrogens with zero attached hydrogens (tertiary/aromatic N) is 4. The number of sulfone groups is 1. The quantitative estimate of drug-likeness (QED) is 0.805. The molecule has 0 aliphatic heterocycles. The maximum absolute atomic E-state index is 12.6. The highest BCUT2D eigenvalue weighted by Crippen LogP contribution is 2.48. The van der Waals surface area contributed by atoms with Gasteiger partial charge in [-0.15, -0.1) is 5.10 Å². The van der Waals surface area contributed by atoms with Gasteiger partial charge in [-0.2, -0.15) is 4.68 Å². The molecule has 1 amide bonds. The van der Waals surface area contributed by atoms with E-state index in [1.807, 2.05) is 0 Å². The second-order valence-electron chi connectivity index (χ2n) is 5.91. The van der Waals surface area contributed by atoms with Crippen LogP contribution in [0, 0.1) is 11.8 Å². The van der Waals surface area contributed by atoms with Crippen LogP contribution in [0.15, 0.2) is 11.5 Å². The third-order valence-electron chi connectivity index (χ3n) is 4.38. The first-order chi connectivity index (χ1) is 9.39. The highest BCUT2D eigenvalue weighted by atomic mass is 32.2. The molecule has 3 rings (SSSR count). The highest BCUT2D eigenvalue weighted by Gasteiger charge is 2.47. The zero-order chi connectivity index (χ0) is 14.5. The zero-order valence-electron chi connectivity index (χ0n) is 11.6. The molecule has 2 aliphatic rings. The molecule has 8 heteroatoms. The molecule has 2 aliphatic carbocycles. The largest absolute Gasteiger partial charge is 0.345 e. The molecular formula is C12H18N4O3S. The molecular weight excluding hydrogens is 280 g/mol. The number of carbonyl (C=O) groups is 1. The van der Waals surface area contributed by atoms with E-state index in [2.05, 4.69) is 10.1 Å². The molecule has 3 atom stereocenters. The fourth-order valence-electron chi connectivity index (χ4n) is 3.38. The fourth-order valence-corrected chi connectivity index (χ4v) is 5.32. The third-order valence-corrected chi connectivity index (χ3v) is 6.45. The van der Waals surface area contributed by atoms with Crippen LogP contribution in [-0.2, 0) is 9.84 Å². The van der Waals surface area contributed by atoms with Crippen molar-refractivity contribution in [2.75, 3.05) is 14.1 Å². The maximum Gasteiger partial charge on any atom is 0.345 e. The molecule has 2 fully saturated rings. The summed E-state index contributed by atoms with van der Waals surface area (Å²) < 4.78 is 26.1. The SMILES string of the molecule is CN(C)C(=O)n1cnc(S(=O)(=O)C2CC3CCC2C3)n1. The van der Waals surface area contributed by atoms with Crippen LogP contribution >= 0.6 is 0 Å². The van der Waals surface area contributed by atoms with Crippen LogP contribution in [-0.4, -0.2) is 53.5 Å².